The van der Waals surface area contributed by atoms with E-state index in [1.807, 2.05) is 6.92 Å². The van der Waals surface area contributed by atoms with Crippen LogP contribution in [0.2, 0.25) is 0 Å². The van der Waals surface area contributed by atoms with Crippen LogP contribution in [0.15, 0.2) is 0 Å². The Morgan fingerprint density at radius 1 is 1.40 bits per heavy atom. The van der Waals surface area contributed by atoms with Crippen LogP contribution < -0.4 is 0 Å². The molecule has 1 radical (unpaired) electrons. The van der Waals surface area contributed by atoms with Gasteiger partial charge in [0, 0.05) is 12.1 Å². The maximum absolute atomic E-state index is 11.0. The highest BCUT2D eigenvalue weighted by Crippen LogP contribution is 2.60. The van der Waals surface area contributed by atoms with E-state index in [0.29, 0.717) is 6.42 Å². The minimum atomic E-state index is -4.09. The van der Waals surface area contributed by atoms with Crippen molar-refractivity contribution in [2.24, 2.45) is 5.41 Å². The lowest BCUT2D eigenvalue weighted by Gasteiger charge is -2.42. The minimum Gasteiger partial charge on any atom is -0.336 e. The van der Waals surface area contributed by atoms with Gasteiger partial charge in [0.2, 0.25) is 7.94 Å². The van der Waals surface area contributed by atoms with E-state index in [9.17, 15) is 9.46 Å². The Balaban J connectivity index is 2.69. The molecule has 8 heteroatoms. The van der Waals surface area contributed by atoms with Crippen molar-refractivity contribution in [1.29, 1.82) is 0 Å². The fraction of sp³-hybridized carbons (Fsp3) is 1.00. The van der Waals surface area contributed by atoms with Gasteiger partial charge in [-0.2, -0.15) is 0 Å². The molecule has 0 aliphatic carbocycles. The Morgan fingerprint density at radius 2 is 1.87 bits per heavy atom. The normalized spacial score (nSPS) is 37.9. The van der Waals surface area contributed by atoms with Crippen LogP contribution in [0.25, 0.3) is 0 Å². The zero-order valence-corrected chi connectivity index (χ0v) is 10.6. The Kier molecular flexibility index (Phi) is 3.95. The molecule has 0 bridgehead atoms. The first-order valence-corrected chi connectivity index (χ1v) is 8.43. The van der Waals surface area contributed by atoms with Gasteiger partial charge in [0.15, 0.2) is 0 Å². The summed E-state index contributed by atoms with van der Waals surface area (Å²) in [5.74, 6) is 0. The molecule has 0 saturated carbocycles. The molecule has 15 heavy (non-hydrogen) atoms. The van der Waals surface area contributed by atoms with E-state index in [2.05, 4.69) is 0 Å². The molecule has 1 aliphatic heterocycles. The van der Waals surface area contributed by atoms with Crippen LogP contribution in [-0.2, 0) is 13.6 Å². The van der Waals surface area contributed by atoms with Gasteiger partial charge in [0.1, 0.15) is 0 Å². The smallest absolute Gasteiger partial charge is 0.326 e. The SMILES string of the molecule is CCC1(CP(=O)(O)O)CO[P](C)(O)OC1. The van der Waals surface area contributed by atoms with Crippen LogP contribution in [0.5, 0.6) is 0 Å². The lowest BCUT2D eigenvalue weighted by atomic mass is 9.90. The Hall–Kier alpha value is 0.460. The van der Waals surface area contributed by atoms with E-state index < -0.39 is 21.0 Å². The fourth-order valence-electron chi connectivity index (χ4n) is 1.44. The minimum absolute atomic E-state index is 0.134. The lowest BCUT2D eigenvalue weighted by molar-refractivity contribution is 0.0141. The molecule has 0 aromatic rings. The number of hydrogen-bond donors (Lipinski definition) is 3. The molecule has 1 rings (SSSR count). The van der Waals surface area contributed by atoms with Crippen molar-refractivity contribution in [2.75, 3.05) is 26.0 Å². The molecule has 91 valence electrons. The first-order valence-electron chi connectivity index (χ1n) is 4.61. The maximum atomic E-state index is 11.0. The van der Waals surface area contributed by atoms with Crippen LogP contribution in [0, 0.1) is 5.41 Å². The van der Waals surface area contributed by atoms with Crippen molar-refractivity contribution >= 4 is 15.5 Å². The highest BCUT2D eigenvalue weighted by molar-refractivity contribution is 7.59. The third-order valence-electron chi connectivity index (χ3n) is 2.51. The third-order valence-corrected chi connectivity index (χ3v) is 4.81. The Bertz CT molecular complexity index is 263. The van der Waals surface area contributed by atoms with E-state index in [1.165, 1.54) is 6.66 Å². The standard InChI is InChI=1S/C7H17O6P2/c1-3-7(6-15(9,10)11)4-12-14(2,8)13-5-7/h8H,3-6H2,1-2H3,(H2,9,10,11). The van der Waals surface area contributed by atoms with Crippen LogP contribution in [0.3, 0.4) is 0 Å². The summed E-state index contributed by atoms with van der Waals surface area (Å²) in [7, 11) is -6.84. The van der Waals surface area contributed by atoms with Crippen LogP contribution in [-0.4, -0.2) is 40.7 Å². The molecule has 1 aliphatic rings. The second-order valence-corrected chi connectivity index (χ2v) is 7.79. The van der Waals surface area contributed by atoms with Gasteiger partial charge in [0.25, 0.3) is 0 Å². The van der Waals surface area contributed by atoms with E-state index in [4.69, 9.17) is 18.8 Å². The molecule has 0 unspecified atom stereocenters. The van der Waals surface area contributed by atoms with Gasteiger partial charge in [0.05, 0.1) is 19.4 Å². The van der Waals surface area contributed by atoms with Gasteiger partial charge in [-0.15, -0.1) is 0 Å². The van der Waals surface area contributed by atoms with Gasteiger partial charge in [-0.3, -0.25) is 4.57 Å². The summed E-state index contributed by atoms with van der Waals surface area (Å²) in [6.07, 6.45) is 0.272. The van der Waals surface area contributed by atoms with Crippen molar-refractivity contribution in [3.63, 3.8) is 0 Å². The third kappa shape index (κ3) is 4.08. The van der Waals surface area contributed by atoms with Gasteiger partial charge >= 0.3 is 7.60 Å². The van der Waals surface area contributed by atoms with E-state index >= 15 is 0 Å². The summed E-state index contributed by atoms with van der Waals surface area (Å²) in [5.41, 5.74) is -0.679. The molecule has 3 N–H and O–H groups in total. The summed E-state index contributed by atoms with van der Waals surface area (Å²) in [5, 5.41) is 0. The Labute approximate surface area is 89.3 Å². The zero-order valence-electron chi connectivity index (χ0n) is 8.79. The summed E-state index contributed by atoms with van der Waals surface area (Å²) in [6, 6.07) is 0. The zero-order chi connectivity index (χ0) is 11.7. The van der Waals surface area contributed by atoms with Crippen LogP contribution in [0.4, 0.5) is 0 Å². The van der Waals surface area contributed by atoms with Crippen molar-refractivity contribution in [3.8, 4) is 0 Å². The average molecular weight is 259 g/mol. The molecule has 1 fully saturated rings. The first kappa shape index (κ1) is 13.5. The summed E-state index contributed by atoms with van der Waals surface area (Å²) in [4.78, 5) is 27.4. The molecular weight excluding hydrogens is 242 g/mol. The van der Waals surface area contributed by atoms with Gasteiger partial charge in [-0.05, 0) is 6.42 Å². The molecule has 0 atom stereocenters. The van der Waals surface area contributed by atoms with Crippen molar-refractivity contribution in [1.82, 2.24) is 0 Å². The average Bonchev–Trinajstić information content (AvgIpc) is 2.07. The Morgan fingerprint density at radius 3 is 2.20 bits per heavy atom. The van der Waals surface area contributed by atoms with Crippen molar-refractivity contribution in [3.05, 3.63) is 0 Å². The predicted octanol–water partition coefficient (Wildman–Crippen LogP) is 0.992. The van der Waals surface area contributed by atoms with E-state index in [1.54, 1.807) is 0 Å². The monoisotopic (exact) mass is 259 g/mol. The fourth-order valence-corrected chi connectivity index (χ4v) is 3.82. The lowest BCUT2D eigenvalue weighted by Crippen LogP contribution is -2.39. The van der Waals surface area contributed by atoms with Crippen molar-refractivity contribution < 1.29 is 28.3 Å². The first-order chi connectivity index (χ1) is 6.68. The maximum Gasteiger partial charge on any atom is 0.326 e. The largest absolute Gasteiger partial charge is 0.336 e. The van der Waals surface area contributed by atoms with Crippen molar-refractivity contribution in [2.45, 2.75) is 13.3 Å². The number of hydrogen-bond acceptors (Lipinski definition) is 4. The van der Waals surface area contributed by atoms with Crippen LogP contribution in [0.1, 0.15) is 13.3 Å². The molecular formula is C7H17O6P2. The number of rotatable bonds is 3. The molecule has 1 saturated heterocycles. The predicted molar refractivity (Wildman–Crippen MR) is 56.6 cm³/mol. The molecule has 0 amide bonds. The quantitative estimate of drug-likeness (QED) is 0.654. The highest BCUT2D eigenvalue weighted by atomic mass is 31.2. The van der Waals surface area contributed by atoms with Crippen LogP contribution >= 0.6 is 15.5 Å². The second-order valence-electron chi connectivity index (χ2n) is 4.03. The molecule has 1 heterocycles. The molecule has 0 aromatic heterocycles. The summed E-state index contributed by atoms with van der Waals surface area (Å²) < 4.78 is 21.2. The molecule has 0 aromatic carbocycles. The van der Waals surface area contributed by atoms with Gasteiger partial charge in [-0.25, -0.2) is 0 Å². The van der Waals surface area contributed by atoms with E-state index in [-0.39, 0.29) is 19.4 Å². The molecule has 6 nitrogen and oxygen atoms in total. The molecule has 0 spiro atoms. The van der Waals surface area contributed by atoms with Gasteiger partial charge in [-0.1, -0.05) is 6.92 Å². The second kappa shape index (κ2) is 4.38. The topological polar surface area (TPSA) is 96.2 Å². The highest BCUT2D eigenvalue weighted by Gasteiger charge is 2.43. The summed E-state index contributed by atoms with van der Waals surface area (Å²) in [6.45, 7) is 3.55. The van der Waals surface area contributed by atoms with E-state index in [0.717, 1.165) is 0 Å². The van der Waals surface area contributed by atoms with Gasteiger partial charge < -0.3 is 23.7 Å². The summed E-state index contributed by atoms with van der Waals surface area (Å²) >= 11 is 0.